The van der Waals surface area contributed by atoms with E-state index in [9.17, 15) is 19.5 Å². The minimum absolute atomic E-state index is 0.0119. The van der Waals surface area contributed by atoms with Crippen LogP contribution in [0.1, 0.15) is 53.4 Å². The van der Waals surface area contributed by atoms with Gasteiger partial charge in [-0.2, -0.15) is 0 Å². The fourth-order valence-corrected chi connectivity index (χ4v) is 1.85. The highest BCUT2D eigenvalue weighted by atomic mass is 16.5. The minimum Gasteiger partial charge on any atom is -0.394 e. The van der Waals surface area contributed by atoms with Gasteiger partial charge in [-0.15, -0.1) is 0 Å². The number of aliphatic hydroxyl groups is 1. The maximum Gasteiger partial charge on any atom is 0.220 e. The number of carbonyl (C=O) groups excluding carboxylic acids is 3. The van der Waals surface area contributed by atoms with Crippen molar-refractivity contribution in [2.45, 2.75) is 59.5 Å². The normalized spacial score (nSPS) is 12.5. The molecule has 0 heterocycles. The smallest absolute Gasteiger partial charge is 0.220 e. The predicted octanol–water partition coefficient (Wildman–Crippen LogP) is 1.49. The molecular formula is C17H31NO5. The predicted molar refractivity (Wildman–Crippen MR) is 88.0 cm³/mol. The summed E-state index contributed by atoms with van der Waals surface area (Å²) in [4.78, 5) is 34.5. The molecule has 0 aliphatic rings. The quantitative estimate of drug-likeness (QED) is 0.499. The van der Waals surface area contributed by atoms with Crippen LogP contribution in [-0.4, -0.2) is 48.4 Å². The summed E-state index contributed by atoms with van der Waals surface area (Å²) in [6.07, 6.45) is 0.901. The third-order valence-electron chi connectivity index (χ3n) is 3.58. The van der Waals surface area contributed by atoms with Gasteiger partial charge in [-0.25, -0.2) is 0 Å². The molecule has 0 aliphatic carbocycles. The highest BCUT2D eigenvalue weighted by Gasteiger charge is 2.13. The van der Waals surface area contributed by atoms with Crippen LogP contribution < -0.4 is 5.32 Å². The Morgan fingerprint density at radius 2 is 1.52 bits per heavy atom. The second-order valence-corrected chi connectivity index (χ2v) is 6.31. The van der Waals surface area contributed by atoms with Gasteiger partial charge in [0.15, 0.2) is 0 Å². The maximum atomic E-state index is 11.6. The second kappa shape index (κ2) is 12.2. The lowest BCUT2D eigenvalue weighted by Crippen LogP contribution is -2.30. The summed E-state index contributed by atoms with van der Waals surface area (Å²) in [6.45, 7) is 7.75. The van der Waals surface area contributed by atoms with E-state index in [2.05, 4.69) is 5.32 Å². The Hall–Kier alpha value is -1.27. The van der Waals surface area contributed by atoms with Gasteiger partial charge in [0.05, 0.1) is 19.3 Å². The molecule has 0 saturated carbocycles. The molecule has 0 rings (SSSR count). The summed E-state index contributed by atoms with van der Waals surface area (Å²) in [7, 11) is 0. The summed E-state index contributed by atoms with van der Waals surface area (Å²) in [6, 6.07) is 0. The molecule has 6 heteroatoms. The van der Waals surface area contributed by atoms with Crippen molar-refractivity contribution in [1.82, 2.24) is 5.32 Å². The van der Waals surface area contributed by atoms with Gasteiger partial charge in [0.2, 0.25) is 5.91 Å². The minimum atomic E-state index is -0.392. The molecule has 1 amide bonds. The van der Waals surface area contributed by atoms with E-state index in [1.165, 1.54) is 0 Å². The van der Waals surface area contributed by atoms with Gasteiger partial charge in [0, 0.05) is 37.6 Å². The first-order valence-electron chi connectivity index (χ1n) is 8.32. The van der Waals surface area contributed by atoms with E-state index in [4.69, 9.17) is 4.74 Å². The first-order valence-corrected chi connectivity index (χ1v) is 8.32. The Balaban J connectivity index is 3.80. The number of hydrogen-bond donors (Lipinski definition) is 2. The van der Waals surface area contributed by atoms with Gasteiger partial charge in [-0.05, 0) is 6.42 Å². The van der Waals surface area contributed by atoms with Crippen molar-refractivity contribution in [3.8, 4) is 0 Å². The van der Waals surface area contributed by atoms with Crippen LogP contribution in [0.2, 0.25) is 0 Å². The van der Waals surface area contributed by atoms with Gasteiger partial charge >= 0.3 is 0 Å². The Kier molecular flexibility index (Phi) is 11.5. The van der Waals surface area contributed by atoms with Crippen LogP contribution in [0, 0.1) is 11.8 Å². The molecule has 0 aromatic heterocycles. The van der Waals surface area contributed by atoms with E-state index in [0.717, 1.165) is 0 Å². The van der Waals surface area contributed by atoms with Crippen LogP contribution in [0.25, 0.3) is 0 Å². The largest absolute Gasteiger partial charge is 0.394 e. The molecule has 134 valence electrons. The number of carbonyl (C=O) groups is 3. The van der Waals surface area contributed by atoms with Gasteiger partial charge in [-0.3, -0.25) is 14.4 Å². The zero-order chi connectivity index (χ0) is 17.8. The topological polar surface area (TPSA) is 92.7 Å². The molecule has 1 unspecified atom stereocenters. The zero-order valence-electron chi connectivity index (χ0n) is 14.8. The molecule has 23 heavy (non-hydrogen) atoms. The molecule has 0 spiro atoms. The highest BCUT2D eigenvalue weighted by Crippen LogP contribution is 2.07. The maximum absolute atomic E-state index is 11.6. The molecule has 1 atom stereocenters. The van der Waals surface area contributed by atoms with Crippen molar-refractivity contribution in [2.24, 2.45) is 11.8 Å². The van der Waals surface area contributed by atoms with Crippen LogP contribution in [0.5, 0.6) is 0 Å². The first kappa shape index (κ1) is 21.7. The van der Waals surface area contributed by atoms with Gasteiger partial charge in [-0.1, -0.05) is 27.7 Å². The Morgan fingerprint density at radius 1 is 0.957 bits per heavy atom. The average molecular weight is 329 g/mol. The van der Waals surface area contributed by atoms with Crippen LogP contribution in [0.3, 0.4) is 0 Å². The monoisotopic (exact) mass is 329 g/mol. The number of nitrogens with one attached hydrogen (secondary N) is 1. The molecule has 0 aromatic carbocycles. The lowest BCUT2D eigenvalue weighted by molar-refractivity contribution is -0.127. The molecular weight excluding hydrogens is 298 g/mol. The second-order valence-electron chi connectivity index (χ2n) is 6.31. The van der Waals surface area contributed by atoms with Gasteiger partial charge < -0.3 is 15.2 Å². The molecule has 0 bridgehead atoms. The summed E-state index contributed by atoms with van der Waals surface area (Å²) in [5.74, 6) is -0.0213. The SMILES string of the molecule is CC(C)C(=O)CCC(=O)NCCOC(CO)CCC(=O)C(C)C. The fourth-order valence-electron chi connectivity index (χ4n) is 1.85. The molecule has 0 fully saturated rings. The third-order valence-corrected chi connectivity index (χ3v) is 3.58. The van der Waals surface area contributed by atoms with E-state index in [-0.39, 0.29) is 55.4 Å². The lowest BCUT2D eigenvalue weighted by Gasteiger charge is -2.16. The number of ether oxygens (including phenoxy) is 1. The Labute approximate surface area is 139 Å². The van der Waals surface area contributed by atoms with Gasteiger partial charge in [0.25, 0.3) is 0 Å². The molecule has 0 radical (unpaired) electrons. The first-order chi connectivity index (χ1) is 10.8. The van der Waals surface area contributed by atoms with Crippen molar-refractivity contribution in [3.63, 3.8) is 0 Å². The van der Waals surface area contributed by atoms with Crippen LogP contribution >= 0.6 is 0 Å². The van der Waals surface area contributed by atoms with Crippen molar-refractivity contribution in [2.75, 3.05) is 19.8 Å². The van der Waals surface area contributed by atoms with E-state index < -0.39 is 6.10 Å². The van der Waals surface area contributed by atoms with Gasteiger partial charge in [0.1, 0.15) is 11.6 Å². The summed E-state index contributed by atoms with van der Waals surface area (Å²) in [5, 5.41) is 11.9. The van der Waals surface area contributed by atoms with Crippen molar-refractivity contribution in [1.29, 1.82) is 0 Å². The van der Waals surface area contributed by atoms with E-state index in [1.54, 1.807) is 0 Å². The standard InChI is InChI=1S/C17H31NO5/c1-12(2)15(20)6-5-14(11-19)23-10-9-18-17(22)8-7-16(21)13(3)4/h12-14,19H,5-11H2,1-4H3,(H,18,22). The summed E-state index contributed by atoms with van der Waals surface area (Å²) < 4.78 is 5.45. The molecule has 0 saturated heterocycles. The number of ketones is 2. The molecule has 6 nitrogen and oxygen atoms in total. The van der Waals surface area contributed by atoms with E-state index in [0.29, 0.717) is 19.4 Å². The van der Waals surface area contributed by atoms with Crippen molar-refractivity contribution < 1.29 is 24.2 Å². The highest BCUT2D eigenvalue weighted by molar-refractivity contribution is 5.85. The van der Waals surface area contributed by atoms with E-state index >= 15 is 0 Å². The third kappa shape index (κ3) is 11.0. The van der Waals surface area contributed by atoms with E-state index in [1.807, 2.05) is 27.7 Å². The molecule has 0 aliphatic heterocycles. The van der Waals surface area contributed by atoms with Crippen LogP contribution in [0.15, 0.2) is 0 Å². The number of aliphatic hydroxyl groups excluding tert-OH is 1. The molecule has 0 aromatic rings. The molecule has 2 N–H and O–H groups in total. The van der Waals surface area contributed by atoms with Crippen molar-refractivity contribution in [3.05, 3.63) is 0 Å². The number of Topliss-reactive ketones (excluding diaryl/α,β-unsaturated/α-hetero) is 2. The summed E-state index contributed by atoms with van der Waals surface area (Å²) in [5.41, 5.74) is 0. The fraction of sp³-hybridized carbons (Fsp3) is 0.824. The Bertz CT molecular complexity index is 379. The number of rotatable bonds is 13. The van der Waals surface area contributed by atoms with Crippen LogP contribution in [-0.2, 0) is 19.1 Å². The number of amides is 1. The summed E-state index contributed by atoms with van der Waals surface area (Å²) >= 11 is 0. The lowest BCUT2D eigenvalue weighted by atomic mass is 10.0. The number of hydrogen-bond acceptors (Lipinski definition) is 5. The zero-order valence-corrected chi connectivity index (χ0v) is 14.8. The van der Waals surface area contributed by atoms with Crippen LogP contribution in [0.4, 0.5) is 0 Å². The average Bonchev–Trinajstić information content (AvgIpc) is 2.51. The Morgan fingerprint density at radius 3 is 2.04 bits per heavy atom. The van der Waals surface area contributed by atoms with Crippen molar-refractivity contribution >= 4 is 17.5 Å².